The second-order valence-electron chi connectivity index (χ2n) is 6.09. The molecule has 0 bridgehead atoms. The predicted octanol–water partition coefficient (Wildman–Crippen LogP) is 1.50. The van der Waals surface area contributed by atoms with E-state index in [0.717, 1.165) is 5.56 Å². The highest BCUT2D eigenvalue weighted by atomic mass is 32.2. The minimum absolute atomic E-state index is 0.205. The van der Waals surface area contributed by atoms with Gasteiger partial charge in [0.25, 0.3) is 5.91 Å². The molecule has 8 heteroatoms. The van der Waals surface area contributed by atoms with E-state index >= 15 is 0 Å². The van der Waals surface area contributed by atoms with Crippen LogP contribution in [-0.4, -0.2) is 62.3 Å². The minimum atomic E-state index is -3.57. The first kappa shape index (κ1) is 20.9. The van der Waals surface area contributed by atoms with Crippen molar-refractivity contribution in [2.24, 2.45) is 0 Å². The Kier molecular flexibility index (Phi) is 7.32. The van der Waals surface area contributed by atoms with Gasteiger partial charge in [0.05, 0.1) is 4.90 Å². The molecule has 0 aromatic heterocycles. The average molecular weight is 392 g/mol. The van der Waals surface area contributed by atoms with Crippen molar-refractivity contribution in [3.63, 3.8) is 0 Å². The maximum absolute atomic E-state index is 12.7. The first-order chi connectivity index (χ1) is 12.8. The van der Waals surface area contributed by atoms with E-state index in [1.807, 2.05) is 13.8 Å². The monoisotopic (exact) mass is 392 g/mol. The number of esters is 1. The van der Waals surface area contributed by atoms with Gasteiger partial charge in [0, 0.05) is 32.3 Å². The number of amides is 1. The van der Waals surface area contributed by atoms with E-state index in [4.69, 9.17) is 4.74 Å². The fourth-order valence-corrected chi connectivity index (χ4v) is 3.98. The summed E-state index contributed by atoms with van der Waals surface area (Å²) >= 11 is 0. The van der Waals surface area contributed by atoms with Crippen molar-refractivity contribution in [3.05, 3.63) is 54.1 Å². The predicted molar refractivity (Wildman–Crippen MR) is 101 cm³/mol. The maximum atomic E-state index is 12.7. The molecule has 1 aromatic carbocycles. The molecule has 7 nitrogen and oxygen atoms in total. The lowest BCUT2D eigenvalue weighted by molar-refractivity contribution is -0.148. The van der Waals surface area contributed by atoms with Crippen LogP contribution in [0, 0.1) is 6.92 Å². The zero-order valence-electron chi connectivity index (χ0n) is 15.5. The Morgan fingerprint density at radius 1 is 1.07 bits per heavy atom. The molecular weight excluding hydrogens is 368 g/mol. The topological polar surface area (TPSA) is 84.0 Å². The third-order valence-electron chi connectivity index (χ3n) is 4.12. The Morgan fingerprint density at radius 2 is 1.70 bits per heavy atom. The van der Waals surface area contributed by atoms with Crippen LogP contribution in [0.2, 0.25) is 0 Å². The van der Waals surface area contributed by atoms with Crippen molar-refractivity contribution in [1.82, 2.24) is 9.21 Å². The molecule has 0 spiro atoms. The van der Waals surface area contributed by atoms with Crippen LogP contribution in [0.4, 0.5) is 0 Å². The molecule has 1 aliphatic rings. The molecule has 0 N–H and O–H groups in total. The molecule has 0 aliphatic carbocycles. The normalized spacial score (nSPS) is 16.1. The summed E-state index contributed by atoms with van der Waals surface area (Å²) in [5.74, 6) is -0.933. The summed E-state index contributed by atoms with van der Waals surface area (Å²) in [5.41, 5.74) is 0.986. The fourth-order valence-electron chi connectivity index (χ4n) is 2.55. The molecule has 2 rings (SSSR count). The van der Waals surface area contributed by atoms with E-state index in [-0.39, 0.29) is 43.6 Å². The van der Waals surface area contributed by atoms with Gasteiger partial charge in [0.2, 0.25) is 10.0 Å². The van der Waals surface area contributed by atoms with Crippen molar-refractivity contribution in [2.75, 3.05) is 32.8 Å². The number of nitrogens with zero attached hydrogens (tertiary/aromatic N) is 2. The van der Waals surface area contributed by atoms with Gasteiger partial charge in [-0.15, -0.1) is 0 Å². The lowest BCUT2D eigenvalue weighted by Gasteiger charge is -2.33. The van der Waals surface area contributed by atoms with Crippen LogP contribution in [0.15, 0.2) is 53.5 Å². The highest BCUT2D eigenvalue weighted by Gasteiger charge is 2.30. The van der Waals surface area contributed by atoms with Crippen LogP contribution >= 0.6 is 0 Å². The number of piperazine rings is 1. The summed E-state index contributed by atoms with van der Waals surface area (Å²) in [7, 11) is -3.57. The average Bonchev–Trinajstić information content (AvgIpc) is 2.67. The van der Waals surface area contributed by atoms with E-state index in [0.29, 0.717) is 0 Å². The zero-order chi connectivity index (χ0) is 19.9. The summed E-state index contributed by atoms with van der Waals surface area (Å²) in [6, 6.07) is 6.68. The number of allylic oxidation sites excluding steroid dienone is 3. The van der Waals surface area contributed by atoms with E-state index in [1.54, 1.807) is 36.4 Å². The third kappa shape index (κ3) is 5.77. The number of ether oxygens (including phenoxy) is 1. The van der Waals surface area contributed by atoms with Crippen LogP contribution in [0.5, 0.6) is 0 Å². The molecule has 1 aromatic rings. The number of hydrogen-bond donors (Lipinski definition) is 0. The van der Waals surface area contributed by atoms with Crippen molar-refractivity contribution < 1.29 is 22.7 Å². The van der Waals surface area contributed by atoms with Gasteiger partial charge in [0.15, 0.2) is 6.61 Å². The number of carbonyl (C=O) groups is 2. The van der Waals surface area contributed by atoms with Gasteiger partial charge >= 0.3 is 5.97 Å². The largest absolute Gasteiger partial charge is 0.452 e. The smallest absolute Gasteiger partial charge is 0.331 e. The fraction of sp³-hybridized carbons (Fsp3) is 0.368. The number of aryl methyl sites for hydroxylation is 1. The Hall–Kier alpha value is -2.45. The minimum Gasteiger partial charge on any atom is -0.452 e. The first-order valence-corrected chi connectivity index (χ1v) is 10.1. The molecule has 27 heavy (non-hydrogen) atoms. The summed E-state index contributed by atoms with van der Waals surface area (Å²) in [6.07, 6.45) is 6.21. The summed E-state index contributed by atoms with van der Waals surface area (Å²) in [5, 5.41) is 0. The Morgan fingerprint density at radius 3 is 2.30 bits per heavy atom. The SMILES string of the molecule is C/C=C/C=C/C(=O)OCC(=O)N1CCN(S(=O)(=O)c2ccc(C)cc2)CC1. The molecule has 1 aliphatic heterocycles. The van der Waals surface area contributed by atoms with Crippen LogP contribution in [0.3, 0.4) is 0 Å². The zero-order valence-corrected chi connectivity index (χ0v) is 16.3. The lowest BCUT2D eigenvalue weighted by atomic mass is 10.2. The van der Waals surface area contributed by atoms with Crippen molar-refractivity contribution in [1.29, 1.82) is 0 Å². The molecule has 1 fully saturated rings. The van der Waals surface area contributed by atoms with Crippen LogP contribution in [0.1, 0.15) is 12.5 Å². The summed E-state index contributed by atoms with van der Waals surface area (Å²) in [6.45, 7) is 4.28. The molecule has 0 unspecified atom stereocenters. The van der Waals surface area contributed by atoms with E-state index in [2.05, 4.69) is 0 Å². The third-order valence-corrected chi connectivity index (χ3v) is 6.04. The van der Waals surface area contributed by atoms with Crippen molar-refractivity contribution in [2.45, 2.75) is 18.7 Å². The summed E-state index contributed by atoms with van der Waals surface area (Å²) in [4.78, 5) is 25.4. The number of sulfonamides is 1. The van der Waals surface area contributed by atoms with Gasteiger partial charge in [-0.05, 0) is 26.0 Å². The number of carbonyl (C=O) groups excluding carboxylic acids is 2. The van der Waals surface area contributed by atoms with Gasteiger partial charge in [0.1, 0.15) is 0 Å². The Balaban J connectivity index is 1.86. The number of rotatable bonds is 6. The molecule has 1 saturated heterocycles. The Labute approximate surface area is 160 Å². The number of hydrogen-bond acceptors (Lipinski definition) is 5. The lowest BCUT2D eigenvalue weighted by Crippen LogP contribution is -2.51. The summed E-state index contributed by atoms with van der Waals surface area (Å²) < 4.78 is 31.6. The Bertz CT molecular complexity index is 820. The van der Waals surface area contributed by atoms with E-state index in [1.165, 1.54) is 21.4 Å². The highest BCUT2D eigenvalue weighted by Crippen LogP contribution is 2.18. The first-order valence-electron chi connectivity index (χ1n) is 8.65. The second kappa shape index (κ2) is 9.48. The van der Waals surface area contributed by atoms with Gasteiger partial charge in [-0.25, -0.2) is 13.2 Å². The maximum Gasteiger partial charge on any atom is 0.331 e. The van der Waals surface area contributed by atoms with Gasteiger partial charge in [-0.1, -0.05) is 35.9 Å². The van der Waals surface area contributed by atoms with Gasteiger partial charge < -0.3 is 9.64 Å². The van der Waals surface area contributed by atoms with Crippen LogP contribution in [0.25, 0.3) is 0 Å². The van der Waals surface area contributed by atoms with Gasteiger partial charge in [-0.2, -0.15) is 4.31 Å². The quantitative estimate of drug-likeness (QED) is 0.416. The molecule has 0 radical (unpaired) electrons. The number of benzene rings is 1. The molecule has 0 atom stereocenters. The molecule has 1 heterocycles. The highest BCUT2D eigenvalue weighted by molar-refractivity contribution is 7.89. The van der Waals surface area contributed by atoms with Crippen LogP contribution < -0.4 is 0 Å². The standard InChI is InChI=1S/C19H24N2O5S/c1-3-4-5-6-19(23)26-15-18(22)20-11-13-21(14-12-20)27(24,25)17-9-7-16(2)8-10-17/h3-10H,11-15H2,1-2H3/b4-3+,6-5+. The van der Waals surface area contributed by atoms with E-state index in [9.17, 15) is 18.0 Å². The van der Waals surface area contributed by atoms with Crippen LogP contribution in [-0.2, 0) is 24.3 Å². The molecular formula is C19H24N2O5S. The van der Waals surface area contributed by atoms with Crippen molar-refractivity contribution >= 4 is 21.9 Å². The van der Waals surface area contributed by atoms with E-state index < -0.39 is 16.0 Å². The van der Waals surface area contributed by atoms with Crippen molar-refractivity contribution in [3.8, 4) is 0 Å². The second-order valence-corrected chi connectivity index (χ2v) is 8.03. The molecule has 146 valence electrons. The molecule has 0 saturated carbocycles. The molecule has 1 amide bonds. The van der Waals surface area contributed by atoms with Gasteiger partial charge in [-0.3, -0.25) is 4.79 Å².